The van der Waals surface area contributed by atoms with E-state index in [0.717, 1.165) is 0 Å². The molecule has 24 heavy (non-hydrogen) atoms. The lowest BCUT2D eigenvalue weighted by molar-refractivity contribution is 0.247. The number of nitrogens with zero attached hydrogens (tertiary/aromatic N) is 2. The Morgan fingerprint density at radius 2 is 2.08 bits per heavy atom. The molecule has 0 saturated carbocycles. The highest BCUT2D eigenvalue weighted by molar-refractivity contribution is 7.89. The summed E-state index contributed by atoms with van der Waals surface area (Å²) < 4.78 is 27.1. The SMILES string of the molecule is C[C@@]([Si])(CO)Cc1cc(S(=O)(=O)N2CCC(N)CC2)ccc1C#N. The number of piperidine rings is 1. The minimum atomic E-state index is -3.61. The maximum atomic E-state index is 12.8. The first-order valence-electron chi connectivity index (χ1n) is 7.84. The van der Waals surface area contributed by atoms with Gasteiger partial charge in [0.25, 0.3) is 0 Å². The van der Waals surface area contributed by atoms with Crippen molar-refractivity contribution in [1.82, 2.24) is 4.31 Å². The number of nitrogens with two attached hydrogens (primary N) is 1. The van der Waals surface area contributed by atoms with Crippen LogP contribution in [0.4, 0.5) is 0 Å². The number of hydrogen-bond donors (Lipinski definition) is 2. The summed E-state index contributed by atoms with van der Waals surface area (Å²) in [5.41, 5.74) is 6.84. The molecule has 1 saturated heterocycles. The monoisotopic (exact) mass is 364 g/mol. The Morgan fingerprint density at radius 1 is 1.46 bits per heavy atom. The number of aliphatic hydroxyl groups is 1. The highest BCUT2D eigenvalue weighted by Crippen LogP contribution is 2.29. The maximum absolute atomic E-state index is 12.8. The molecule has 1 aliphatic rings. The molecule has 2 rings (SSSR count). The van der Waals surface area contributed by atoms with E-state index in [9.17, 15) is 18.8 Å². The van der Waals surface area contributed by atoms with E-state index in [1.807, 2.05) is 0 Å². The van der Waals surface area contributed by atoms with Crippen LogP contribution in [0.1, 0.15) is 30.9 Å². The van der Waals surface area contributed by atoms with Gasteiger partial charge in [-0.05, 0) is 48.1 Å². The summed E-state index contributed by atoms with van der Waals surface area (Å²) in [7, 11) is -0.143. The smallest absolute Gasteiger partial charge is 0.243 e. The molecule has 0 aromatic heterocycles. The number of sulfonamides is 1. The van der Waals surface area contributed by atoms with Gasteiger partial charge < -0.3 is 10.8 Å². The molecule has 3 radical (unpaired) electrons. The van der Waals surface area contributed by atoms with E-state index in [4.69, 9.17) is 5.73 Å². The average Bonchev–Trinajstić information content (AvgIpc) is 2.55. The van der Waals surface area contributed by atoms with E-state index in [0.29, 0.717) is 43.5 Å². The normalized spacial score (nSPS) is 19.6. The number of aliphatic hydroxyl groups excluding tert-OH is 1. The molecule has 0 amide bonds. The van der Waals surface area contributed by atoms with Crippen molar-refractivity contribution in [2.24, 2.45) is 5.73 Å². The molecule has 1 atom stereocenters. The first-order valence-corrected chi connectivity index (χ1v) is 9.78. The van der Waals surface area contributed by atoms with Crippen LogP contribution in [-0.4, -0.2) is 53.8 Å². The third-order valence-corrected chi connectivity index (χ3v) is 6.49. The Morgan fingerprint density at radius 3 is 2.62 bits per heavy atom. The van der Waals surface area contributed by atoms with Crippen molar-refractivity contribution in [3.05, 3.63) is 29.3 Å². The molecule has 1 aromatic carbocycles. The van der Waals surface area contributed by atoms with Gasteiger partial charge in [0.2, 0.25) is 10.0 Å². The molecule has 3 N–H and O–H groups in total. The van der Waals surface area contributed by atoms with E-state index < -0.39 is 15.1 Å². The predicted molar refractivity (Wildman–Crippen MR) is 92.0 cm³/mol. The Bertz CT molecular complexity index is 735. The Labute approximate surface area is 146 Å². The number of hydrogen-bond acceptors (Lipinski definition) is 5. The first-order chi connectivity index (χ1) is 11.2. The Balaban J connectivity index is 2.35. The van der Waals surface area contributed by atoms with Crippen molar-refractivity contribution >= 4 is 20.3 Å². The summed E-state index contributed by atoms with van der Waals surface area (Å²) in [6.45, 7) is 2.48. The van der Waals surface area contributed by atoms with Crippen LogP contribution in [0.5, 0.6) is 0 Å². The number of nitriles is 1. The highest BCUT2D eigenvalue weighted by Gasteiger charge is 2.29. The van der Waals surface area contributed by atoms with Gasteiger partial charge in [0.1, 0.15) is 0 Å². The van der Waals surface area contributed by atoms with Gasteiger partial charge in [0.15, 0.2) is 0 Å². The summed E-state index contributed by atoms with van der Waals surface area (Å²) in [6, 6.07) is 6.66. The van der Waals surface area contributed by atoms with E-state index in [1.54, 1.807) is 6.92 Å². The molecule has 129 valence electrons. The molecule has 0 spiro atoms. The molecule has 0 bridgehead atoms. The third-order valence-electron chi connectivity index (χ3n) is 4.26. The summed E-state index contributed by atoms with van der Waals surface area (Å²) in [5, 5.41) is 18.0. The van der Waals surface area contributed by atoms with Crippen molar-refractivity contribution in [3.8, 4) is 6.07 Å². The second-order valence-corrected chi connectivity index (χ2v) is 9.71. The fraction of sp³-hybridized carbons (Fsp3) is 0.562. The van der Waals surface area contributed by atoms with E-state index in [2.05, 4.69) is 16.3 Å². The molecule has 1 aromatic rings. The van der Waals surface area contributed by atoms with E-state index in [-0.39, 0.29) is 17.5 Å². The zero-order valence-corrected chi connectivity index (χ0v) is 15.5. The van der Waals surface area contributed by atoms with Crippen LogP contribution in [0, 0.1) is 11.3 Å². The molecular formula is C16H22N3O3SSi. The molecular weight excluding hydrogens is 342 g/mol. The fourth-order valence-corrected chi connectivity index (χ4v) is 4.44. The molecule has 8 heteroatoms. The van der Waals surface area contributed by atoms with Crippen molar-refractivity contribution < 1.29 is 13.5 Å². The predicted octanol–water partition coefficient (Wildman–Crippen LogP) is 0.552. The van der Waals surface area contributed by atoms with Gasteiger partial charge in [0, 0.05) is 36.0 Å². The van der Waals surface area contributed by atoms with Crippen molar-refractivity contribution in [3.63, 3.8) is 0 Å². The lowest BCUT2D eigenvalue weighted by atomic mass is 9.97. The Kier molecular flexibility index (Phi) is 5.83. The molecule has 1 fully saturated rings. The fourth-order valence-electron chi connectivity index (χ4n) is 2.73. The minimum absolute atomic E-state index is 0.0476. The van der Waals surface area contributed by atoms with Gasteiger partial charge >= 0.3 is 0 Å². The van der Waals surface area contributed by atoms with Crippen LogP contribution < -0.4 is 5.73 Å². The molecule has 0 aliphatic carbocycles. The van der Waals surface area contributed by atoms with Crippen LogP contribution >= 0.6 is 0 Å². The second kappa shape index (κ2) is 7.33. The molecule has 1 heterocycles. The van der Waals surface area contributed by atoms with Crippen LogP contribution in [0.3, 0.4) is 0 Å². The maximum Gasteiger partial charge on any atom is 0.243 e. The van der Waals surface area contributed by atoms with Gasteiger partial charge in [0.05, 0.1) is 16.5 Å². The highest BCUT2D eigenvalue weighted by atomic mass is 32.2. The molecule has 1 aliphatic heterocycles. The summed E-state index contributed by atoms with van der Waals surface area (Å²) >= 11 is 0. The van der Waals surface area contributed by atoms with Crippen molar-refractivity contribution in [2.75, 3.05) is 19.7 Å². The zero-order valence-electron chi connectivity index (χ0n) is 13.7. The minimum Gasteiger partial charge on any atom is -0.396 e. The van der Waals surface area contributed by atoms with Gasteiger partial charge in [-0.15, -0.1) is 0 Å². The standard InChI is InChI=1S/C16H22N3O3SSi/c1-16(24,11-20)9-13-8-15(3-2-12(13)10-17)23(21,22)19-6-4-14(18)5-7-19/h2-3,8,14,20H,4-7,9,11,18H2,1H3/t16-/m0/s1. The largest absolute Gasteiger partial charge is 0.396 e. The first kappa shape index (κ1) is 19.1. The molecule has 6 nitrogen and oxygen atoms in total. The zero-order chi connectivity index (χ0) is 18.0. The average molecular weight is 365 g/mol. The van der Waals surface area contributed by atoms with Crippen molar-refractivity contribution in [1.29, 1.82) is 5.26 Å². The van der Waals surface area contributed by atoms with E-state index in [1.165, 1.54) is 22.5 Å². The van der Waals surface area contributed by atoms with Gasteiger partial charge in [-0.2, -0.15) is 9.57 Å². The lowest BCUT2D eigenvalue weighted by Gasteiger charge is -2.29. The van der Waals surface area contributed by atoms with Gasteiger partial charge in [-0.1, -0.05) is 6.92 Å². The Hall–Kier alpha value is -1.24. The topological polar surface area (TPSA) is 107 Å². The quantitative estimate of drug-likeness (QED) is 0.742. The third kappa shape index (κ3) is 4.23. The van der Waals surface area contributed by atoms with Crippen LogP contribution in [0.15, 0.2) is 23.1 Å². The number of benzene rings is 1. The van der Waals surface area contributed by atoms with Crippen LogP contribution in [0.25, 0.3) is 0 Å². The van der Waals surface area contributed by atoms with Crippen molar-refractivity contribution in [2.45, 2.75) is 42.2 Å². The van der Waals surface area contributed by atoms with E-state index >= 15 is 0 Å². The number of rotatable bonds is 5. The second-order valence-electron chi connectivity index (χ2n) is 6.57. The van der Waals surface area contributed by atoms with Crippen LogP contribution in [-0.2, 0) is 16.4 Å². The summed E-state index contributed by atoms with van der Waals surface area (Å²) in [5.74, 6) is 0. The van der Waals surface area contributed by atoms with Crippen LogP contribution in [0.2, 0.25) is 5.04 Å². The van der Waals surface area contributed by atoms with Gasteiger partial charge in [-0.3, -0.25) is 0 Å². The summed E-state index contributed by atoms with van der Waals surface area (Å²) in [6.07, 6.45) is 1.63. The molecule has 0 unspecified atom stereocenters. The van der Waals surface area contributed by atoms with Gasteiger partial charge in [-0.25, -0.2) is 8.42 Å². The lowest BCUT2D eigenvalue weighted by Crippen LogP contribution is -2.42. The summed E-state index contributed by atoms with van der Waals surface area (Å²) in [4.78, 5) is 0.173.